The summed E-state index contributed by atoms with van der Waals surface area (Å²) in [6.45, 7) is 7.01. The number of rotatable bonds is 2. The zero-order valence-corrected chi connectivity index (χ0v) is 15.6. The molecule has 1 aromatic heterocycles. The van der Waals surface area contributed by atoms with Crippen molar-refractivity contribution in [2.75, 3.05) is 31.1 Å². The lowest BCUT2D eigenvalue weighted by Crippen LogP contribution is -2.48. The predicted octanol–water partition coefficient (Wildman–Crippen LogP) is 4.01. The lowest BCUT2D eigenvalue weighted by Gasteiger charge is -2.34. The molecular formula is C20H20FN3OS. The summed E-state index contributed by atoms with van der Waals surface area (Å²) in [6, 6.07) is 10.0. The molecular weight excluding hydrogens is 349 g/mol. The molecule has 2 heterocycles. The molecule has 0 radical (unpaired) electrons. The van der Waals surface area contributed by atoms with Crippen molar-refractivity contribution < 1.29 is 9.18 Å². The molecule has 4 nitrogen and oxygen atoms in total. The minimum Gasteiger partial charge on any atom is -0.345 e. The Hall–Kier alpha value is -2.47. The van der Waals surface area contributed by atoms with E-state index in [1.54, 1.807) is 23.5 Å². The Bertz CT molecular complexity index is 959. The minimum absolute atomic E-state index is 0.0413. The van der Waals surface area contributed by atoms with Gasteiger partial charge in [0.1, 0.15) is 5.82 Å². The number of thiazole rings is 1. The van der Waals surface area contributed by atoms with Gasteiger partial charge in [0.25, 0.3) is 5.91 Å². The smallest absolute Gasteiger partial charge is 0.253 e. The van der Waals surface area contributed by atoms with Gasteiger partial charge in [0.05, 0.1) is 10.2 Å². The Kier molecular flexibility index (Phi) is 4.36. The quantitative estimate of drug-likeness (QED) is 0.685. The Morgan fingerprint density at radius 2 is 1.73 bits per heavy atom. The van der Waals surface area contributed by atoms with E-state index >= 15 is 0 Å². The molecule has 0 aliphatic carbocycles. The first-order chi connectivity index (χ1) is 12.5. The molecule has 0 bridgehead atoms. The number of aromatic nitrogens is 1. The van der Waals surface area contributed by atoms with Crippen LogP contribution in [-0.4, -0.2) is 42.0 Å². The number of hydrogen-bond acceptors (Lipinski definition) is 4. The highest BCUT2D eigenvalue weighted by molar-refractivity contribution is 7.22. The maximum Gasteiger partial charge on any atom is 0.253 e. The number of aryl methyl sites for hydroxylation is 2. The van der Waals surface area contributed by atoms with Crippen molar-refractivity contribution in [1.82, 2.24) is 9.88 Å². The number of piperazine rings is 1. The summed E-state index contributed by atoms with van der Waals surface area (Å²) in [5.41, 5.74) is 4.10. The molecule has 0 unspecified atom stereocenters. The summed E-state index contributed by atoms with van der Waals surface area (Å²) >= 11 is 1.70. The maximum atomic E-state index is 13.0. The Morgan fingerprint density at radius 3 is 2.42 bits per heavy atom. The molecule has 0 saturated carbocycles. The third kappa shape index (κ3) is 3.05. The highest BCUT2D eigenvalue weighted by Crippen LogP contribution is 2.32. The molecule has 4 rings (SSSR count). The maximum absolute atomic E-state index is 13.0. The molecule has 0 atom stereocenters. The molecule has 26 heavy (non-hydrogen) atoms. The van der Waals surface area contributed by atoms with Gasteiger partial charge in [0, 0.05) is 31.7 Å². The van der Waals surface area contributed by atoms with E-state index in [2.05, 4.69) is 30.9 Å². The van der Waals surface area contributed by atoms with Gasteiger partial charge in [0.2, 0.25) is 0 Å². The number of fused-ring (bicyclic) bond motifs is 1. The van der Waals surface area contributed by atoms with Crippen molar-refractivity contribution in [2.45, 2.75) is 13.8 Å². The molecule has 6 heteroatoms. The SMILES string of the molecule is Cc1ccc2sc(N3CCN(C(=O)c4ccc(F)cc4)CC3)nc2c1C. The van der Waals surface area contributed by atoms with E-state index < -0.39 is 0 Å². The Balaban J connectivity index is 1.47. The zero-order chi connectivity index (χ0) is 18.3. The van der Waals surface area contributed by atoms with E-state index in [-0.39, 0.29) is 11.7 Å². The van der Waals surface area contributed by atoms with Gasteiger partial charge in [-0.25, -0.2) is 9.37 Å². The van der Waals surface area contributed by atoms with Crippen LogP contribution in [0.25, 0.3) is 10.2 Å². The normalized spacial score (nSPS) is 14.9. The van der Waals surface area contributed by atoms with E-state index in [4.69, 9.17) is 4.98 Å². The van der Waals surface area contributed by atoms with Crippen LogP contribution in [0.15, 0.2) is 36.4 Å². The molecule has 134 valence electrons. The topological polar surface area (TPSA) is 36.4 Å². The second kappa shape index (κ2) is 6.68. The molecule has 0 spiro atoms. The number of nitrogens with zero attached hydrogens (tertiary/aromatic N) is 3. The van der Waals surface area contributed by atoms with E-state index in [1.807, 2.05) is 4.90 Å². The first-order valence-electron chi connectivity index (χ1n) is 8.69. The fourth-order valence-corrected chi connectivity index (χ4v) is 4.30. The summed E-state index contributed by atoms with van der Waals surface area (Å²) in [5, 5.41) is 1.02. The first-order valence-corrected chi connectivity index (χ1v) is 9.51. The van der Waals surface area contributed by atoms with Gasteiger partial charge >= 0.3 is 0 Å². The van der Waals surface area contributed by atoms with Gasteiger partial charge < -0.3 is 9.80 Å². The molecule has 1 aliphatic heterocycles. The highest BCUT2D eigenvalue weighted by Gasteiger charge is 2.24. The minimum atomic E-state index is -0.326. The van der Waals surface area contributed by atoms with Crippen molar-refractivity contribution in [3.8, 4) is 0 Å². The van der Waals surface area contributed by atoms with Crippen LogP contribution >= 0.6 is 11.3 Å². The van der Waals surface area contributed by atoms with E-state index in [9.17, 15) is 9.18 Å². The summed E-state index contributed by atoms with van der Waals surface area (Å²) in [5.74, 6) is -0.367. The van der Waals surface area contributed by atoms with Crippen LogP contribution in [0.2, 0.25) is 0 Å². The van der Waals surface area contributed by atoms with E-state index in [0.29, 0.717) is 18.7 Å². The Morgan fingerprint density at radius 1 is 1.04 bits per heavy atom. The van der Waals surface area contributed by atoms with Crippen LogP contribution < -0.4 is 4.90 Å². The molecule has 1 fully saturated rings. The standard InChI is InChI=1S/C20H20FN3OS/c1-13-3-8-17-18(14(13)2)22-20(26-17)24-11-9-23(10-12-24)19(25)15-4-6-16(21)7-5-15/h3-8H,9-12H2,1-2H3. The summed E-state index contributed by atoms with van der Waals surface area (Å²) in [7, 11) is 0. The van der Waals surface area contributed by atoms with Crippen LogP contribution in [-0.2, 0) is 0 Å². The van der Waals surface area contributed by atoms with Crippen molar-refractivity contribution in [1.29, 1.82) is 0 Å². The van der Waals surface area contributed by atoms with Crippen LogP contribution in [0, 0.1) is 19.7 Å². The average Bonchev–Trinajstić information content (AvgIpc) is 3.10. The van der Waals surface area contributed by atoms with E-state index in [0.717, 1.165) is 23.7 Å². The third-order valence-corrected chi connectivity index (χ3v) is 6.08. The number of carbonyl (C=O) groups excluding carboxylic acids is 1. The summed E-state index contributed by atoms with van der Waals surface area (Å²) in [6.07, 6.45) is 0. The number of amides is 1. The fraction of sp³-hybridized carbons (Fsp3) is 0.300. The second-order valence-corrected chi connectivity index (χ2v) is 7.65. The van der Waals surface area contributed by atoms with Gasteiger partial charge in [-0.1, -0.05) is 17.4 Å². The zero-order valence-electron chi connectivity index (χ0n) is 14.8. The predicted molar refractivity (Wildman–Crippen MR) is 104 cm³/mol. The highest BCUT2D eigenvalue weighted by atomic mass is 32.1. The lowest BCUT2D eigenvalue weighted by molar-refractivity contribution is 0.0746. The largest absolute Gasteiger partial charge is 0.345 e. The second-order valence-electron chi connectivity index (χ2n) is 6.64. The van der Waals surface area contributed by atoms with Crippen LogP contribution in [0.5, 0.6) is 0 Å². The van der Waals surface area contributed by atoms with Crippen LogP contribution in [0.3, 0.4) is 0 Å². The van der Waals surface area contributed by atoms with Gasteiger partial charge in [-0.3, -0.25) is 4.79 Å². The average molecular weight is 369 g/mol. The number of carbonyl (C=O) groups is 1. The number of hydrogen-bond donors (Lipinski definition) is 0. The van der Waals surface area contributed by atoms with Gasteiger partial charge in [-0.05, 0) is 55.3 Å². The van der Waals surface area contributed by atoms with Crippen molar-refractivity contribution in [3.63, 3.8) is 0 Å². The van der Waals surface area contributed by atoms with Crippen molar-refractivity contribution in [2.24, 2.45) is 0 Å². The molecule has 0 N–H and O–H groups in total. The molecule has 3 aromatic rings. The first kappa shape index (κ1) is 17.0. The van der Waals surface area contributed by atoms with Crippen molar-refractivity contribution >= 4 is 32.6 Å². The van der Waals surface area contributed by atoms with Gasteiger partial charge in [-0.15, -0.1) is 0 Å². The Labute approximate surface area is 155 Å². The van der Waals surface area contributed by atoms with Crippen molar-refractivity contribution in [3.05, 3.63) is 58.9 Å². The lowest BCUT2D eigenvalue weighted by atomic mass is 10.1. The molecule has 1 saturated heterocycles. The molecule has 1 aliphatic rings. The summed E-state index contributed by atoms with van der Waals surface area (Å²) < 4.78 is 14.2. The molecule has 2 aromatic carbocycles. The number of halogens is 1. The van der Waals surface area contributed by atoms with Crippen LogP contribution in [0.1, 0.15) is 21.5 Å². The monoisotopic (exact) mass is 369 g/mol. The van der Waals surface area contributed by atoms with Gasteiger partial charge in [-0.2, -0.15) is 0 Å². The van der Waals surface area contributed by atoms with E-state index in [1.165, 1.54) is 28.0 Å². The fourth-order valence-electron chi connectivity index (χ4n) is 3.23. The third-order valence-electron chi connectivity index (χ3n) is 5.00. The molecule has 1 amide bonds. The summed E-state index contributed by atoms with van der Waals surface area (Å²) in [4.78, 5) is 21.5. The van der Waals surface area contributed by atoms with Gasteiger partial charge in [0.15, 0.2) is 5.13 Å². The van der Waals surface area contributed by atoms with Crippen LogP contribution in [0.4, 0.5) is 9.52 Å². The number of benzene rings is 2. The number of anilines is 1.